The average Bonchev–Trinajstić information content (AvgIpc) is 2.18. The fraction of sp³-hybridized carbons (Fsp3) is 0.667. The Morgan fingerprint density at radius 3 is 1.94 bits per heavy atom. The lowest BCUT2D eigenvalue weighted by Gasteiger charge is -2.03. The molecule has 0 aliphatic rings. The van der Waals surface area contributed by atoms with Crippen LogP contribution in [-0.2, 0) is 0 Å². The van der Waals surface area contributed by atoms with Crippen LogP contribution in [0.15, 0.2) is 12.4 Å². The van der Waals surface area contributed by atoms with Crippen LogP contribution in [0.1, 0.15) is 46.2 Å². The van der Waals surface area contributed by atoms with Gasteiger partial charge in [-0.25, -0.2) is 9.37 Å². The van der Waals surface area contributed by atoms with Gasteiger partial charge in [0.1, 0.15) is 0 Å². The quantitative estimate of drug-likeness (QED) is 0.760. The Labute approximate surface area is 105 Å². The molecule has 3 radical (unpaired) electrons. The highest BCUT2D eigenvalue weighted by atomic mass is 19.1. The highest BCUT2D eigenvalue weighted by Gasteiger charge is 2.01. The van der Waals surface area contributed by atoms with Gasteiger partial charge >= 0.3 is 0 Å². The molecule has 0 saturated carbocycles. The van der Waals surface area contributed by atoms with Crippen LogP contribution in [0.2, 0.25) is 0 Å². The van der Waals surface area contributed by atoms with Crippen molar-refractivity contribution in [2.24, 2.45) is 5.92 Å². The van der Waals surface area contributed by atoms with Crippen LogP contribution in [0.4, 0.5) is 4.39 Å². The van der Waals surface area contributed by atoms with Crippen molar-refractivity contribution in [3.05, 3.63) is 18.1 Å². The first-order valence-corrected chi connectivity index (χ1v) is 5.48. The van der Waals surface area contributed by atoms with E-state index in [4.69, 9.17) is 0 Å². The molecule has 1 aromatic rings. The zero-order valence-electron chi connectivity index (χ0n) is 11.3. The molecule has 0 aliphatic carbocycles. The van der Waals surface area contributed by atoms with Crippen LogP contribution >= 0.6 is 0 Å². The van der Waals surface area contributed by atoms with E-state index in [-0.39, 0.29) is 14.3 Å². The summed E-state index contributed by atoms with van der Waals surface area (Å²) in [6.07, 6.45) is 3.02. The molecular formula is C12H21BFN2O. The Morgan fingerprint density at radius 2 is 1.65 bits per heavy atom. The van der Waals surface area contributed by atoms with Gasteiger partial charge in [-0.1, -0.05) is 34.6 Å². The summed E-state index contributed by atoms with van der Waals surface area (Å²) in [5, 5.41) is 0. The van der Waals surface area contributed by atoms with E-state index in [2.05, 4.69) is 35.5 Å². The molecule has 1 aromatic heterocycles. The van der Waals surface area contributed by atoms with Crippen molar-refractivity contribution < 1.29 is 9.13 Å². The molecule has 95 valence electrons. The number of rotatable bonds is 3. The number of halogens is 1. The maximum atomic E-state index is 11.6. The van der Waals surface area contributed by atoms with E-state index in [1.807, 2.05) is 13.8 Å². The minimum absolute atomic E-state index is 0. The number of aromatic nitrogens is 2. The van der Waals surface area contributed by atoms with Gasteiger partial charge in [0.25, 0.3) is 0 Å². The second-order valence-corrected chi connectivity index (χ2v) is 4.42. The summed E-state index contributed by atoms with van der Waals surface area (Å²) in [6.45, 7) is 9.66. The highest BCUT2D eigenvalue weighted by Crippen LogP contribution is 2.11. The Kier molecular flexibility index (Phi) is 10.8. The second kappa shape index (κ2) is 10.1. The van der Waals surface area contributed by atoms with Gasteiger partial charge in [-0.15, -0.1) is 0 Å². The molecule has 1 rings (SSSR count). The topological polar surface area (TPSA) is 35.0 Å². The molecule has 0 bridgehead atoms. The molecule has 0 fully saturated rings. The number of ether oxygens (including phenoxy) is 1. The lowest BCUT2D eigenvalue weighted by molar-refractivity contribution is 0.184. The Balaban J connectivity index is 0. The molecule has 3 nitrogen and oxygen atoms in total. The van der Waals surface area contributed by atoms with Crippen molar-refractivity contribution in [2.75, 3.05) is 6.86 Å². The molecule has 1 heterocycles. The van der Waals surface area contributed by atoms with E-state index in [1.54, 1.807) is 6.20 Å². The normalized spacial score (nSPS) is 9.41. The van der Waals surface area contributed by atoms with Crippen LogP contribution < -0.4 is 4.74 Å². The van der Waals surface area contributed by atoms with Crippen LogP contribution in [0.5, 0.6) is 5.88 Å². The van der Waals surface area contributed by atoms with Crippen LogP contribution in [-0.4, -0.2) is 25.2 Å². The van der Waals surface area contributed by atoms with Crippen molar-refractivity contribution in [1.82, 2.24) is 9.97 Å². The summed E-state index contributed by atoms with van der Waals surface area (Å²) >= 11 is 0. The predicted octanol–water partition coefficient (Wildman–Crippen LogP) is 3.19. The van der Waals surface area contributed by atoms with Crippen LogP contribution in [0.3, 0.4) is 0 Å². The fourth-order valence-corrected chi connectivity index (χ4v) is 0.755. The predicted molar refractivity (Wildman–Crippen MR) is 69.0 cm³/mol. The molecule has 0 aliphatic heterocycles. The average molecular weight is 239 g/mol. The van der Waals surface area contributed by atoms with Gasteiger partial charge in [0.15, 0.2) is 0 Å². The summed E-state index contributed by atoms with van der Waals surface area (Å²) in [5.41, 5.74) is 0.876. The molecule has 5 heteroatoms. The molecule has 0 unspecified atom stereocenters. The first kappa shape index (κ1) is 18.2. The molecule has 0 saturated heterocycles. The first-order chi connectivity index (χ1) is 7.47. The third-order valence-corrected chi connectivity index (χ3v) is 1.44. The zero-order valence-corrected chi connectivity index (χ0v) is 11.3. The van der Waals surface area contributed by atoms with Crippen molar-refractivity contribution >= 4 is 8.41 Å². The van der Waals surface area contributed by atoms with E-state index >= 15 is 0 Å². The standard InChI is InChI=1S/C8H11FN2O.C4H10.B/c1-6(2)7-3-11-8(4-10-7)12-5-9;1-4(2)3;/h3-4,6H,5H2,1-2H3;4H,1-3H3;. The fourth-order valence-electron chi connectivity index (χ4n) is 0.755. The summed E-state index contributed by atoms with van der Waals surface area (Å²) in [6, 6.07) is 0. The second-order valence-electron chi connectivity index (χ2n) is 4.42. The molecule has 0 atom stereocenters. The molecule has 0 N–H and O–H groups in total. The van der Waals surface area contributed by atoms with Crippen molar-refractivity contribution in [1.29, 1.82) is 0 Å². The first-order valence-electron chi connectivity index (χ1n) is 5.48. The summed E-state index contributed by atoms with van der Waals surface area (Å²) in [7, 11) is 0. The lowest BCUT2D eigenvalue weighted by Crippen LogP contribution is -1.97. The number of hydrogen-bond donors (Lipinski definition) is 0. The van der Waals surface area contributed by atoms with Gasteiger partial charge in [-0.05, 0) is 11.8 Å². The maximum absolute atomic E-state index is 11.6. The third-order valence-electron chi connectivity index (χ3n) is 1.44. The van der Waals surface area contributed by atoms with E-state index in [1.165, 1.54) is 6.20 Å². The maximum Gasteiger partial charge on any atom is 0.234 e. The SMILES string of the molecule is CC(C)C.CC(C)c1cnc(OCF)cn1.[B]. The van der Waals surface area contributed by atoms with Crippen LogP contribution in [0, 0.1) is 5.92 Å². The van der Waals surface area contributed by atoms with Crippen molar-refractivity contribution in [3.63, 3.8) is 0 Å². The summed E-state index contributed by atoms with van der Waals surface area (Å²) in [5.74, 6) is 1.39. The molecular weight excluding hydrogens is 218 g/mol. The van der Waals surface area contributed by atoms with E-state index in [0.29, 0.717) is 5.92 Å². The summed E-state index contributed by atoms with van der Waals surface area (Å²) < 4.78 is 16.1. The minimum atomic E-state index is -0.865. The smallest absolute Gasteiger partial charge is 0.234 e. The zero-order chi connectivity index (χ0) is 12.6. The Hall–Kier alpha value is -1.13. The molecule has 17 heavy (non-hydrogen) atoms. The Morgan fingerprint density at radius 1 is 1.12 bits per heavy atom. The third kappa shape index (κ3) is 9.78. The monoisotopic (exact) mass is 239 g/mol. The van der Waals surface area contributed by atoms with Gasteiger partial charge in [0.05, 0.1) is 18.1 Å². The van der Waals surface area contributed by atoms with E-state index in [0.717, 1.165) is 11.6 Å². The van der Waals surface area contributed by atoms with E-state index in [9.17, 15) is 4.39 Å². The minimum Gasteiger partial charge on any atom is -0.445 e. The molecule has 0 aromatic carbocycles. The van der Waals surface area contributed by atoms with Gasteiger partial charge in [-0.3, -0.25) is 4.98 Å². The van der Waals surface area contributed by atoms with Gasteiger partial charge in [0, 0.05) is 8.41 Å². The lowest BCUT2D eigenvalue weighted by atomic mass is 10.1. The number of alkyl halides is 1. The van der Waals surface area contributed by atoms with Gasteiger partial charge in [-0.2, -0.15) is 0 Å². The highest BCUT2D eigenvalue weighted by molar-refractivity contribution is 5.75. The largest absolute Gasteiger partial charge is 0.445 e. The number of hydrogen-bond acceptors (Lipinski definition) is 3. The number of nitrogens with zero attached hydrogens (tertiary/aromatic N) is 2. The van der Waals surface area contributed by atoms with Crippen molar-refractivity contribution in [3.8, 4) is 5.88 Å². The Bertz CT molecular complexity index is 276. The van der Waals surface area contributed by atoms with Crippen LogP contribution in [0.25, 0.3) is 0 Å². The van der Waals surface area contributed by atoms with Gasteiger partial charge in [0.2, 0.25) is 12.7 Å². The summed E-state index contributed by atoms with van der Waals surface area (Å²) in [4.78, 5) is 7.91. The van der Waals surface area contributed by atoms with E-state index < -0.39 is 6.86 Å². The molecule has 0 spiro atoms. The van der Waals surface area contributed by atoms with Gasteiger partial charge < -0.3 is 4.74 Å². The van der Waals surface area contributed by atoms with Crippen molar-refractivity contribution in [2.45, 2.75) is 40.5 Å². The molecule has 0 amide bonds.